The molecule has 0 amide bonds. The SMILES string of the molecule is CNCc1cc(CC(C)C)n[nH]1. The minimum absolute atomic E-state index is 0.677. The van der Waals surface area contributed by atoms with Crippen molar-refractivity contribution in [1.29, 1.82) is 0 Å². The number of nitrogens with one attached hydrogen (secondary N) is 2. The molecule has 1 aromatic heterocycles. The van der Waals surface area contributed by atoms with E-state index in [1.54, 1.807) is 0 Å². The fourth-order valence-corrected chi connectivity index (χ4v) is 1.21. The number of hydrogen-bond donors (Lipinski definition) is 2. The second-order valence-corrected chi connectivity index (χ2v) is 3.51. The molecule has 0 saturated heterocycles. The highest BCUT2D eigenvalue weighted by molar-refractivity contribution is 5.08. The first-order valence-corrected chi connectivity index (χ1v) is 4.40. The summed E-state index contributed by atoms with van der Waals surface area (Å²) in [6.45, 7) is 5.27. The summed E-state index contributed by atoms with van der Waals surface area (Å²) in [5.41, 5.74) is 2.32. The summed E-state index contributed by atoms with van der Waals surface area (Å²) in [5.74, 6) is 0.677. The molecule has 0 spiro atoms. The predicted octanol–water partition coefficient (Wildman–Crippen LogP) is 1.33. The lowest BCUT2D eigenvalue weighted by molar-refractivity contribution is 0.633. The molecule has 0 unspecified atom stereocenters. The van der Waals surface area contributed by atoms with Crippen molar-refractivity contribution >= 4 is 0 Å². The third kappa shape index (κ3) is 2.66. The van der Waals surface area contributed by atoms with Crippen LogP contribution in [0.3, 0.4) is 0 Å². The highest BCUT2D eigenvalue weighted by Crippen LogP contribution is 2.06. The van der Waals surface area contributed by atoms with Gasteiger partial charge in [-0.05, 0) is 25.5 Å². The third-order valence-corrected chi connectivity index (χ3v) is 1.67. The molecule has 12 heavy (non-hydrogen) atoms. The van der Waals surface area contributed by atoms with E-state index in [2.05, 4.69) is 35.4 Å². The average molecular weight is 167 g/mol. The largest absolute Gasteiger partial charge is 0.314 e. The van der Waals surface area contributed by atoms with Crippen LogP contribution in [0.15, 0.2) is 6.07 Å². The Balaban J connectivity index is 2.52. The Bertz CT molecular complexity index is 227. The Labute approximate surface area is 73.6 Å². The Morgan fingerprint density at radius 2 is 2.33 bits per heavy atom. The number of H-pyrrole nitrogens is 1. The van der Waals surface area contributed by atoms with E-state index in [1.807, 2.05) is 7.05 Å². The third-order valence-electron chi connectivity index (χ3n) is 1.67. The molecule has 3 nitrogen and oxygen atoms in total. The molecule has 0 atom stereocenters. The molecule has 0 saturated carbocycles. The highest BCUT2D eigenvalue weighted by atomic mass is 15.1. The van der Waals surface area contributed by atoms with E-state index in [1.165, 1.54) is 0 Å². The molecule has 0 fully saturated rings. The number of nitrogens with zero attached hydrogens (tertiary/aromatic N) is 1. The van der Waals surface area contributed by atoms with Crippen LogP contribution in [0.2, 0.25) is 0 Å². The quantitative estimate of drug-likeness (QED) is 0.710. The Hall–Kier alpha value is -0.830. The van der Waals surface area contributed by atoms with Gasteiger partial charge in [-0.25, -0.2) is 0 Å². The maximum atomic E-state index is 4.21. The second-order valence-electron chi connectivity index (χ2n) is 3.51. The van der Waals surface area contributed by atoms with Crippen molar-refractivity contribution in [3.05, 3.63) is 17.5 Å². The van der Waals surface area contributed by atoms with Crippen molar-refractivity contribution in [3.8, 4) is 0 Å². The molecule has 3 heteroatoms. The van der Waals surface area contributed by atoms with Crippen molar-refractivity contribution in [3.63, 3.8) is 0 Å². The summed E-state index contributed by atoms with van der Waals surface area (Å²) < 4.78 is 0. The van der Waals surface area contributed by atoms with Crippen molar-refractivity contribution in [2.75, 3.05) is 7.05 Å². The van der Waals surface area contributed by atoms with E-state index in [4.69, 9.17) is 0 Å². The summed E-state index contributed by atoms with van der Waals surface area (Å²) >= 11 is 0. The molecule has 68 valence electrons. The van der Waals surface area contributed by atoms with E-state index in [0.29, 0.717) is 5.92 Å². The molecule has 1 rings (SSSR count). The van der Waals surface area contributed by atoms with Gasteiger partial charge in [-0.15, -0.1) is 0 Å². The topological polar surface area (TPSA) is 40.7 Å². The van der Waals surface area contributed by atoms with Gasteiger partial charge < -0.3 is 5.32 Å². The number of aromatic amines is 1. The molecule has 0 aliphatic carbocycles. The van der Waals surface area contributed by atoms with Crippen LogP contribution in [0.5, 0.6) is 0 Å². The molecule has 0 radical (unpaired) electrons. The standard InChI is InChI=1S/C9H17N3/c1-7(2)4-8-5-9(6-10-3)12-11-8/h5,7,10H,4,6H2,1-3H3,(H,11,12). The van der Waals surface area contributed by atoms with Crippen LogP contribution in [0.25, 0.3) is 0 Å². The van der Waals surface area contributed by atoms with E-state index in [0.717, 1.165) is 24.4 Å². The summed E-state index contributed by atoms with van der Waals surface area (Å²) in [7, 11) is 1.93. The lowest BCUT2D eigenvalue weighted by Crippen LogP contribution is -2.04. The number of rotatable bonds is 4. The average Bonchev–Trinajstić information content (AvgIpc) is 2.36. The van der Waals surface area contributed by atoms with Crippen molar-refractivity contribution < 1.29 is 0 Å². The van der Waals surface area contributed by atoms with Crippen LogP contribution >= 0.6 is 0 Å². The van der Waals surface area contributed by atoms with Gasteiger partial charge in [-0.3, -0.25) is 5.10 Å². The van der Waals surface area contributed by atoms with Gasteiger partial charge >= 0.3 is 0 Å². The van der Waals surface area contributed by atoms with Crippen LogP contribution in [0.1, 0.15) is 25.2 Å². The number of hydrogen-bond acceptors (Lipinski definition) is 2. The zero-order chi connectivity index (χ0) is 8.97. The Morgan fingerprint density at radius 3 is 2.92 bits per heavy atom. The molecule has 0 bridgehead atoms. The smallest absolute Gasteiger partial charge is 0.0628 e. The van der Waals surface area contributed by atoms with Gasteiger partial charge in [0.05, 0.1) is 5.69 Å². The molecular weight excluding hydrogens is 150 g/mol. The summed E-state index contributed by atoms with van der Waals surface area (Å²) in [5, 5.41) is 10.3. The zero-order valence-electron chi connectivity index (χ0n) is 8.02. The Kier molecular flexibility index (Phi) is 3.29. The lowest BCUT2D eigenvalue weighted by atomic mass is 10.1. The number of aromatic nitrogens is 2. The van der Waals surface area contributed by atoms with Gasteiger partial charge in [0, 0.05) is 12.2 Å². The normalized spacial score (nSPS) is 11.0. The van der Waals surface area contributed by atoms with Gasteiger partial charge in [-0.1, -0.05) is 13.8 Å². The predicted molar refractivity (Wildman–Crippen MR) is 49.9 cm³/mol. The fraction of sp³-hybridized carbons (Fsp3) is 0.667. The maximum Gasteiger partial charge on any atom is 0.0628 e. The molecule has 1 heterocycles. The fourth-order valence-electron chi connectivity index (χ4n) is 1.21. The van der Waals surface area contributed by atoms with E-state index >= 15 is 0 Å². The van der Waals surface area contributed by atoms with Gasteiger partial charge in [0.25, 0.3) is 0 Å². The minimum atomic E-state index is 0.677. The lowest BCUT2D eigenvalue weighted by Gasteiger charge is -1.97. The summed E-state index contributed by atoms with van der Waals surface area (Å²) in [6, 6.07) is 2.12. The van der Waals surface area contributed by atoms with Gasteiger partial charge in [0.15, 0.2) is 0 Å². The van der Waals surface area contributed by atoms with Crippen LogP contribution in [0.4, 0.5) is 0 Å². The van der Waals surface area contributed by atoms with E-state index in [-0.39, 0.29) is 0 Å². The van der Waals surface area contributed by atoms with Crippen LogP contribution < -0.4 is 5.32 Å². The zero-order valence-corrected chi connectivity index (χ0v) is 8.02. The summed E-state index contributed by atoms with van der Waals surface area (Å²) in [4.78, 5) is 0. The molecule has 0 aliphatic heterocycles. The van der Waals surface area contributed by atoms with Gasteiger partial charge in [0.2, 0.25) is 0 Å². The van der Waals surface area contributed by atoms with Gasteiger partial charge in [-0.2, -0.15) is 5.10 Å². The monoisotopic (exact) mass is 167 g/mol. The summed E-state index contributed by atoms with van der Waals surface area (Å²) in [6.07, 6.45) is 1.06. The molecule has 2 N–H and O–H groups in total. The van der Waals surface area contributed by atoms with E-state index in [9.17, 15) is 0 Å². The first-order chi connectivity index (χ1) is 5.72. The Morgan fingerprint density at radius 1 is 1.58 bits per heavy atom. The minimum Gasteiger partial charge on any atom is -0.314 e. The molecule has 0 aliphatic rings. The highest BCUT2D eigenvalue weighted by Gasteiger charge is 2.02. The van der Waals surface area contributed by atoms with E-state index < -0.39 is 0 Å². The van der Waals surface area contributed by atoms with Crippen LogP contribution in [-0.4, -0.2) is 17.2 Å². The van der Waals surface area contributed by atoms with Crippen molar-refractivity contribution in [2.45, 2.75) is 26.8 Å². The second kappa shape index (κ2) is 4.26. The van der Waals surface area contributed by atoms with Crippen molar-refractivity contribution in [1.82, 2.24) is 15.5 Å². The van der Waals surface area contributed by atoms with Crippen LogP contribution in [0, 0.1) is 5.92 Å². The maximum absolute atomic E-state index is 4.21. The van der Waals surface area contributed by atoms with Crippen molar-refractivity contribution in [2.24, 2.45) is 5.92 Å². The first-order valence-electron chi connectivity index (χ1n) is 4.40. The molecule has 1 aromatic rings. The molecular formula is C9H17N3. The van der Waals surface area contributed by atoms with Gasteiger partial charge in [0.1, 0.15) is 0 Å². The van der Waals surface area contributed by atoms with Crippen LogP contribution in [-0.2, 0) is 13.0 Å². The first kappa shape index (κ1) is 9.26. The molecule has 0 aromatic carbocycles.